The van der Waals surface area contributed by atoms with Crippen molar-refractivity contribution in [2.45, 2.75) is 13.8 Å². The molecule has 1 aromatic heterocycles. The first-order chi connectivity index (χ1) is 26.1. The standard InChI is InChI=1S/C38H41N5O12/c1-22(2)37(52)39-10-11-40-38(53)26-6-5-24-15-27(41-28(24)16-26)25-7-9-30(43(20-35(48)49)21-36(50)51)32(17-25)55-13-12-54-31-14-23(3)4-8-29(31)42(18-33(44)45)19-34(46)47/h4-9,14-17,41H,1,10-13,18-21H2,2-3H3,(H,39,52)(H,40,53)(H,44,45)(H,46,47)(H,48,49)(H,50,51). The molecule has 4 aromatic rings. The van der Waals surface area contributed by atoms with Crippen LogP contribution in [0.5, 0.6) is 11.5 Å². The number of carbonyl (C=O) groups is 6. The van der Waals surface area contributed by atoms with E-state index in [1.165, 1.54) is 6.07 Å². The average molecular weight is 760 g/mol. The Morgan fingerprint density at radius 3 is 1.76 bits per heavy atom. The van der Waals surface area contributed by atoms with Crippen LogP contribution in [-0.4, -0.2) is 114 Å². The number of amides is 2. The Morgan fingerprint density at radius 2 is 1.22 bits per heavy atom. The summed E-state index contributed by atoms with van der Waals surface area (Å²) in [6, 6.07) is 16.5. The number of hydrogen-bond acceptors (Lipinski definition) is 10. The molecule has 0 aliphatic rings. The van der Waals surface area contributed by atoms with Crippen molar-refractivity contribution in [3.63, 3.8) is 0 Å². The van der Waals surface area contributed by atoms with E-state index in [4.69, 9.17) is 9.47 Å². The van der Waals surface area contributed by atoms with E-state index in [0.717, 1.165) is 20.7 Å². The number of aromatic nitrogens is 1. The third kappa shape index (κ3) is 11.7. The van der Waals surface area contributed by atoms with Crippen LogP contribution in [0.3, 0.4) is 0 Å². The predicted molar refractivity (Wildman–Crippen MR) is 201 cm³/mol. The second kappa shape index (κ2) is 18.6. The Hall–Kier alpha value is -7.04. The van der Waals surface area contributed by atoms with Gasteiger partial charge in [-0.05, 0) is 61.9 Å². The molecule has 4 rings (SSSR count). The van der Waals surface area contributed by atoms with Crippen molar-refractivity contribution < 1.29 is 58.7 Å². The quantitative estimate of drug-likeness (QED) is 0.0477. The number of fused-ring (bicyclic) bond motifs is 1. The second-order valence-corrected chi connectivity index (χ2v) is 12.4. The van der Waals surface area contributed by atoms with Gasteiger partial charge in [-0.25, -0.2) is 0 Å². The summed E-state index contributed by atoms with van der Waals surface area (Å²) in [6.45, 7) is 4.60. The van der Waals surface area contributed by atoms with Gasteiger partial charge in [0.05, 0.1) is 11.4 Å². The molecular weight excluding hydrogens is 718 g/mol. The predicted octanol–water partition coefficient (Wildman–Crippen LogP) is 2.97. The molecule has 0 aliphatic carbocycles. The molecule has 0 spiro atoms. The lowest BCUT2D eigenvalue weighted by Crippen LogP contribution is -2.35. The number of aromatic amines is 1. The van der Waals surface area contributed by atoms with Crippen LogP contribution in [0.2, 0.25) is 0 Å². The Morgan fingerprint density at radius 1 is 0.691 bits per heavy atom. The highest BCUT2D eigenvalue weighted by atomic mass is 16.5. The van der Waals surface area contributed by atoms with Gasteiger partial charge in [0, 0.05) is 46.4 Å². The van der Waals surface area contributed by atoms with Crippen LogP contribution < -0.4 is 29.9 Å². The van der Waals surface area contributed by atoms with Crippen molar-refractivity contribution in [1.82, 2.24) is 15.6 Å². The molecule has 2 amide bonds. The molecule has 0 bridgehead atoms. The minimum Gasteiger partial charge on any atom is -0.488 e. The molecule has 17 heteroatoms. The maximum Gasteiger partial charge on any atom is 0.323 e. The lowest BCUT2D eigenvalue weighted by molar-refractivity contribution is -0.138. The highest BCUT2D eigenvalue weighted by Crippen LogP contribution is 2.35. The summed E-state index contributed by atoms with van der Waals surface area (Å²) in [5, 5.41) is 44.0. The molecule has 0 unspecified atom stereocenters. The zero-order chi connectivity index (χ0) is 40.2. The number of nitrogens with zero attached hydrogens (tertiary/aromatic N) is 2. The van der Waals surface area contributed by atoms with E-state index < -0.39 is 50.1 Å². The normalized spacial score (nSPS) is 10.7. The first kappa shape index (κ1) is 40.7. The van der Waals surface area contributed by atoms with E-state index in [1.807, 2.05) is 6.07 Å². The molecule has 17 nitrogen and oxygen atoms in total. The number of rotatable bonds is 21. The van der Waals surface area contributed by atoms with Crippen LogP contribution in [0, 0.1) is 6.92 Å². The highest BCUT2D eigenvalue weighted by molar-refractivity contribution is 5.99. The molecule has 0 saturated carbocycles. The van der Waals surface area contributed by atoms with E-state index in [1.54, 1.807) is 62.4 Å². The maximum absolute atomic E-state index is 12.8. The van der Waals surface area contributed by atoms with Crippen LogP contribution in [-0.2, 0) is 24.0 Å². The number of aryl methyl sites for hydroxylation is 1. The number of carboxylic acid groups (broad SMARTS) is 4. The van der Waals surface area contributed by atoms with Gasteiger partial charge in [0.25, 0.3) is 5.91 Å². The van der Waals surface area contributed by atoms with Gasteiger partial charge in [-0.15, -0.1) is 0 Å². The summed E-state index contributed by atoms with van der Waals surface area (Å²) in [6.07, 6.45) is 0. The zero-order valence-corrected chi connectivity index (χ0v) is 30.1. The van der Waals surface area contributed by atoms with Gasteiger partial charge in [0.15, 0.2) is 0 Å². The Bertz CT molecular complexity index is 2080. The number of benzene rings is 3. The Balaban J connectivity index is 1.58. The number of aliphatic carboxylic acids is 4. The number of ether oxygens (including phenoxy) is 2. The minimum atomic E-state index is -1.27. The first-order valence-electron chi connectivity index (χ1n) is 16.8. The van der Waals surface area contributed by atoms with Crippen LogP contribution in [0.4, 0.5) is 11.4 Å². The van der Waals surface area contributed by atoms with E-state index in [9.17, 15) is 49.2 Å². The average Bonchev–Trinajstić information content (AvgIpc) is 3.54. The lowest BCUT2D eigenvalue weighted by atomic mass is 10.1. The van der Waals surface area contributed by atoms with Crippen LogP contribution in [0.25, 0.3) is 22.2 Å². The van der Waals surface area contributed by atoms with Gasteiger partial charge in [-0.3, -0.25) is 28.8 Å². The molecule has 0 fully saturated rings. The zero-order valence-electron chi connectivity index (χ0n) is 30.1. The van der Waals surface area contributed by atoms with Gasteiger partial charge >= 0.3 is 23.9 Å². The molecule has 0 aliphatic heterocycles. The molecule has 0 saturated heterocycles. The molecule has 1 heterocycles. The molecule has 0 radical (unpaired) electrons. The number of anilines is 2. The van der Waals surface area contributed by atoms with E-state index in [0.29, 0.717) is 27.9 Å². The fourth-order valence-electron chi connectivity index (χ4n) is 5.49. The maximum atomic E-state index is 12.8. The number of carboxylic acids is 4. The smallest absolute Gasteiger partial charge is 0.323 e. The number of H-pyrrole nitrogens is 1. The minimum absolute atomic E-state index is 0.122. The molecule has 0 atom stereocenters. The van der Waals surface area contributed by atoms with Gasteiger partial charge in [0.1, 0.15) is 50.9 Å². The molecule has 55 heavy (non-hydrogen) atoms. The molecular formula is C38H41N5O12. The topological polar surface area (TPSA) is 248 Å². The van der Waals surface area contributed by atoms with E-state index >= 15 is 0 Å². The third-order valence-electron chi connectivity index (χ3n) is 7.94. The van der Waals surface area contributed by atoms with E-state index in [2.05, 4.69) is 22.2 Å². The van der Waals surface area contributed by atoms with Crippen LogP contribution >= 0.6 is 0 Å². The number of carbonyl (C=O) groups excluding carboxylic acids is 2. The summed E-state index contributed by atoms with van der Waals surface area (Å²) in [4.78, 5) is 76.4. The number of nitrogens with one attached hydrogen (secondary N) is 3. The summed E-state index contributed by atoms with van der Waals surface area (Å²) < 4.78 is 12.0. The summed E-state index contributed by atoms with van der Waals surface area (Å²) >= 11 is 0. The van der Waals surface area contributed by atoms with Crippen molar-refractivity contribution in [2.75, 3.05) is 62.3 Å². The third-order valence-corrected chi connectivity index (χ3v) is 7.94. The van der Waals surface area contributed by atoms with Crippen molar-refractivity contribution >= 4 is 58.0 Å². The highest BCUT2D eigenvalue weighted by Gasteiger charge is 2.21. The summed E-state index contributed by atoms with van der Waals surface area (Å²) in [5.41, 5.74) is 3.71. The van der Waals surface area contributed by atoms with Gasteiger partial charge in [0.2, 0.25) is 5.91 Å². The molecule has 7 N–H and O–H groups in total. The Labute approximate surface area is 314 Å². The monoisotopic (exact) mass is 759 g/mol. The van der Waals surface area contributed by atoms with Crippen LogP contribution in [0.1, 0.15) is 22.8 Å². The van der Waals surface area contributed by atoms with Gasteiger partial charge in [-0.2, -0.15) is 0 Å². The SMILES string of the molecule is C=C(C)C(=O)NCCNC(=O)c1ccc2cc(-c3ccc(N(CC(=O)O)CC(=O)O)c(OCCOc4cc(C)ccc4N(CC(=O)O)CC(=O)O)c3)[nH]c2c1. The molecule has 3 aromatic carbocycles. The van der Waals surface area contributed by atoms with Gasteiger partial charge in [-0.1, -0.05) is 24.8 Å². The fraction of sp³-hybridized carbons (Fsp3) is 0.263. The second-order valence-electron chi connectivity index (χ2n) is 12.4. The largest absolute Gasteiger partial charge is 0.488 e. The van der Waals surface area contributed by atoms with Crippen molar-refractivity contribution in [2.24, 2.45) is 0 Å². The fourth-order valence-corrected chi connectivity index (χ4v) is 5.49. The lowest BCUT2D eigenvalue weighted by Gasteiger charge is -2.25. The van der Waals surface area contributed by atoms with E-state index in [-0.39, 0.29) is 61.0 Å². The number of hydrogen-bond donors (Lipinski definition) is 7. The van der Waals surface area contributed by atoms with Crippen LogP contribution in [0.15, 0.2) is 72.8 Å². The summed E-state index contributed by atoms with van der Waals surface area (Å²) in [5.74, 6) is -5.35. The van der Waals surface area contributed by atoms with Crippen molar-refractivity contribution in [1.29, 1.82) is 0 Å². The van der Waals surface area contributed by atoms with Crippen molar-refractivity contribution in [3.8, 4) is 22.8 Å². The first-order valence-corrected chi connectivity index (χ1v) is 16.8. The van der Waals surface area contributed by atoms with Gasteiger partial charge < -0.3 is 55.3 Å². The Kier molecular flexibility index (Phi) is 13.8. The van der Waals surface area contributed by atoms with Crippen molar-refractivity contribution in [3.05, 3.63) is 83.9 Å². The molecule has 290 valence electrons. The summed E-state index contributed by atoms with van der Waals surface area (Å²) in [7, 11) is 0.